The summed E-state index contributed by atoms with van der Waals surface area (Å²) >= 11 is 6.34. The average molecular weight is 424 g/mol. The molecule has 0 saturated heterocycles. The molecule has 2 aromatic heterocycles. The van der Waals surface area contributed by atoms with Gasteiger partial charge in [-0.2, -0.15) is 5.26 Å². The molecule has 0 N–H and O–H groups in total. The van der Waals surface area contributed by atoms with Crippen molar-refractivity contribution in [3.05, 3.63) is 101 Å². The highest BCUT2D eigenvalue weighted by Gasteiger charge is 2.16. The standard InChI is InChI=1S/C27H22ClN3/c1-5-7-19(8-6-2)20-13-21(16-29)23-11-12-31(26(23)14-20)27-17(3)18(4)30-25-10-9-22(28)15-24(25)27/h5-15H,1H2,2-4H3. The Kier molecular flexibility index (Phi) is 5.50. The topological polar surface area (TPSA) is 41.6 Å². The molecular weight excluding hydrogens is 402 g/mol. The highest BCUT2D eigenvalue weighted by atomic mass is 35.5. The van der Waals surface area contributed by atoms with Crippen molar-refractivity contribution in [3.63, 3.8) is 0 Å². The number of nitriles is 1. The van der Waals surface area contributed by atoms with Gasteiger partial charge in [0.1, 0.15) is 0 Å². The van der Waals surface area contributed by atoms with Gasteiger partial charge in [0.25, 0.3) is 0 Å². The van der Waals surface area contributed by atoms with Crippen LogP contribution >= 0.6 is 11.6 Å². The molecule has 0 spiro atoms. The normalized spacial score (nSPS) is 12.0. The van der Waals surface area contributed by atoms with E-state index in [-0.39, 0.29) is 0 Å². The average Bonchev–Trinajstić information content (AvgIpc) is 3.18. The minimum atomic E-state index is 0.636. The third kappa shape index (κ3) is 3.56. The lowest BCUT2D eigenvalue weighted by molar-refractivity contribution is 1.08. The number of rotatable bonds is 4. The van der Waals surface area contributed by atoms with Crippen LogP contribution in [0, 0.1) is 25.2 Å². The minimum Gasteiger partial charge on any atom is -0.315 e. The van der Waals surface area contributed by atoms with E-state index in [4.69, 9.17) is 16.6 Å². The summed E-state index contributed by atoms with van der Waals surface area (Å²) in [5.41, 5.74) is 7.52. The van der Waals surface area contributed by atoms with Crippen LogP contribution in [0.2, 0.25) is 5.02 Å². The molecule has 0 aliphatic carbocycles. The predicted molar refractivity (Wildman–Crippen MR) is 131 cm³/mol. The Hall–Kier alpha value is -3.61. The number of pyridine rings is 1. The molecule has 4 rings (SSSR count). The largest absolute Gasteiger partial charge is 0.315 e. The van der Waals surface area contributed by atoms with E-state index in [1.807, 2.05) is 68.6 Å². The molecular formula is C27H22ClN3. The van der Waals surface area contributed by atoms with Crippen LogP contribution < -0.4 is 0 Å². The number of aryl methyl sites for hydroxylation is 1. The summed E-state index contributed by atoms with van der Waals surface area (Å²) in [6.07, 6.45) is 9.73. The number of hydrogen-bond donors (Lipinski definition) is 0. The molecule has 2 aromatic carbocycles. The van der Waals surface area contributed by atoms with Gasteiger partial charge >= 0.3 is 0 Å². The number of fused-ring (bicyclic) bond motifs is 2. The zero-order valence-electron chi connectivity index (χ0n) is 17.8. The maximum atomic E-state index is 9.84. The van der Waals surface area contributed by atoms with Crippen LogP contribution in [-0.4, -0.2) is 9.55 Å². The fourth-order valence-electron chi connectivity index (χ4n) is 3.99. The van der Waals surface area contributed by atoms with Gasteiger partial charge in [-0.1, -0.05) is 42.5 Å². The molecule has 0 saturated carbocycles. The highest BCUT2D eigenvalue weighted by Crippen LogP contribution is 2.34. The Bertz CT molecular complexity index is 1450. The summed E-state index contributed by atoms with van der Waals surface area (Å²) in [4.78, 5) is 4.74. The van der Waals surface area contributed by atoms with Crippen LogP contribution in [0.1, 0.15) is 29.3 Å². The maximum Gasteiger partial charge on any atom is 0.0998 e. The van der Waals surface area contributed by atoms with Crippen molar-refractivity contribution in [2.24, 2.45) is 0 Å². The minimum absolute atomic E-state index is 0.636. The van der Waals surface area contributed by atoms with Crippen molar-refractivity contribution in [2.45, 2.75) is 20.8 Å². The Morgan fingerprint density at radius 1 is 1.16 bits per heavy atom. The van der Waals surface area contributed by atoms with Gasteiger partial charge in [0, 0.05) is 27.7 Å². The number of nitrogens with zero attached hydrogens (tertiary/aromatic N) is 3. The van der Waals surface area contributed by atoms with E-state index in [2.05, 4.69) is 30.2 Å². The second kappa shape index (κ2) is 8.26. The summed E-state index contributed by atoms with van der Waals surface area (Å²) in [7, 11) is 0. The summed E-state index contributed by atoms with van der Waals surface area (Å²) in [5, 5.41) is 12.4. The van der Waals surface area contributed by atoms with Gasteiger partial charge in [-0.3, -0.25) is 4.98 Å². The van der Waals surface area contributed by atoms with Crippen molar-refractivity contribution in [1.29, 1.82) is 5.26 Å². The molecule has 2 heterocycles. The van der Waals surface area contributed by atoms with E-state index in [1.54, 1.807) is 6.08 Å². The molecule has 4 aromatic rings. The first-order valence-corrected chi connectivity index (χ1v) is 10.4. The molecule has 31 heavy (non-hydrogen) atoms. The molecule has 0 atom stereocenters. The third-order valence-corrected chi connectivity index (χ3v) is 5.78. The van der Waals surface area contributed by atoms with Gasteiger partial charge in [-0.25, -0.2) is 0 Å². The van der Waals surface area contributed by atoms with Crippen LogP contribution in [0.3, 0.4) is 0 Å². The third-order valence-electron chi connectivity index (χ3n) is 5.55. The van der Waals surface area contributed by atoms with Crippen molar-refractivity contribution in [2.75, 3.05) is 0 Å². The highest BCUT2D eigenvalue weighted by molar-refractivity contribution is 6.31. The molecule has 0 unspecified atom stereocenters. The first kappa shape index (κ1) is 20.7. The molecule has 152 valence electrons. The molecule has 4 heteroatoms. The van der Waals surface area contributed by atoms with Crippen LogP contribution in [0.4, 0.5) is 0 Å². The Morgan fingerprint density at radius 2 is 1.97 bits per heavy atom. The second-order valence-corrected chi connectivity index (χ2v) is 7.88. The number of halogens is 1. The van der Waals surface area contributed by atoms with E-state index >= 15 is 0 Å². The van der Waals surface area contributed by atoms with E-state index in [0.717, 1.165) is 49.9 Å². The van der Waals surface area contributed by atoms with Gasteiger partial charge < -0.3 is 4.57 Å². The second-order valence-electron chi connectivity index (χ2n) is 7.44. The zero-order chi connectivity index (χ0) is 22.1. The molecule has 3 nitrogen and oxygen atoms in total. The molecule has 0 bridgehead atoms. The van der Waals surface area contributed by atoms with E-state index in [0.29, 0.717) is 10.6 Å². The number of aromatic nitrogens is 2. The van der Waals surface area contributed by atoms with E-state index in [9.17, 15) is 5.26 Å². The lowest BCUT2D eigenvalue weighted by atomic mass is 9.99. The summed E-state index contributed by atoms with van der Waals surface area (Å²) < 4.78 is 2.14. The van der Waals surface area contributed by atoms with Crippen LogP contribution in [0.15, 0.2) is 73.5 Å². The zero-order valence-corrected chi connectivity index (χ0v) is 18.5. The van der Waals surface area contributed by atoms with Crippen LogP contribution in [0.5, 0.6) is 0 Å². The molecule has 0 radical (unpaired) electrons. The Balaban J connectivity index is 2.12. The molecule has 0 aliphatic heterocycles. The monoisotopic (exact) mass is 423 g/mol. The first-order chi connectivity index (χ1) is 15.0. The summed E-state index contributed by atoms with van der Waals surface area (Å²) in [6, 6.07) is 14.2. The summed E-state index contributed by atoms with van der Waals surface area (Å²) in [6.45, 7) is 9.89. The van der Waals surface area contributed by atoms with Gasteiger partial charge in [-0.05, 0) is 73.9 Å². The van der Waals surface area contributed by atoms with Crippen molar-refractivity contribution >= 4 is 39.0 Å². The molecule has 0 aliphatic rings. The van der Waals surface area contributed by atoms with Crippen molar-refractivity contribution in [3.8, 4) is 11.8 Å². The first-order valence-electron chi connectivity index (χ1n) is 10.1. The Morgan fingerprint density at radius 3 is 2.68 bits per heavy atom. The summed E-state index contributed by atoms with van der Waals surface area (Å²) in [5.74, 6) is 0. The van der Waals surface area contributed by atoms with Gasteiger partial charge in [-0.15, -0.1) is 0 Å². The van der Waals surface area contributed by atoms with Crippen LogP contribution in [0.25, 0.3) is 33.1 Å². The smallest absolute Gasteiger partial charge is 0.0998 e. The van der Waals surface area contributed by atoms with Gasteiger partial charge in [0.05, 0.1) is 28.4 Å². The number of allylic oxidation sites excluding steroid dienone is 5. The van der Waals surface area contributed by atoms with Gasteiger partial charge in [0.2, 0.25) is 0 Å². The molecule has 0 fully saturated rings. The van der Waals surface area contributed by atoms with E-state index < -0.39 is 0 Å². The van der Waals surface area contributed by atoms with Crippen molar-refractivity contribution in [1.82, 2.24) is 9.55 Å². The lowest BCUT2D eigenvalue weighted by Gasteiger charge is -2.16. The number of benzene rings is 2. The fourth-order valence-corrected chi connectivity index (χ4v) is 4.17. The SMILES string of the molecule is C=CC=C(C=CC)c1cc(C#N)c2ccn(-c3c(C)c(C)nc4ccc(Cl)cc34)c2c1. The van der Waals surface area contributed by atoms with E-state index in [1.165, 1.54) is 0 Å². The van der Waals surface area contributed by atoms with Crippen molar-refractivity contribution < 1.29 is 0 Å². The lowest BCUT2D eigenvalue weighted by Crippen LogP contribution is -2.02. The van der Waals surface area contributed by atoms with Crippen LogP contribution in [-0.2, 0) is 0 Å². The number of hydrogen-bond acceptors (Lipinski definition) is 2. The van der Waals surface area contributed by atoms with Gasteiger partial charge in [0.15, 0.2) is 0 Å². The Labute approximate surface area is 187 Å². The molecule has 0 amide bonds. The fraction of sp³-hybridized carbons (Fsp3) is 0.111. The maximum absolute atomic E-state index is 9.84. The predicted octanol–water partition coefficient (Wildman–Crippen LogP) is 7.47. The quantitative estimate of drug-likeness (QED) is 0.319.